The van der Waals surface area contributed by atoms with E-state index in [0.29, 0.717) is 25.6 Å². The molecule has 0 aliphatic heterocycles. The number of nitrogens with zero attached hydrogens (tertiary/aromatic N) is 1. The van der Waals surface area contributed by atoms with E-state index >= 15 is 0 Å². The van der Waals surface area contributed by atoms with Gasteiger partial charge in [-0.15, -0.1) is 0 Å². The molecule has 1 aromatic carbocycles. The van der Waals surface area contributed by atoms with Gasteiger partial charge in [0.2, 0.25) is 11.8 Å². The van der Waals surface area contributed by atoms with Crippen LogP contribution in [0.3, 0.4) is 0 Å². The molecule has 0 radical (unpaired) electrons. The van der Waals surface area contributed by atoms with Crippen LogP contribution in [0.5, 0.6) is 0 Å². The first-order valence-corrected chi connectivity index (χ1v) is 7.82. The smallest absolute Gasteiger partial charge is 0.238 e. The van der Waals surface area contributed by atoms with E-state index in [-0.39, 0.29) is 11.8 Å². The normalized spacial score (nSPS) is 14.0. The average Bonchev–Trinajstić information content (AvgIpc) is 3.31. The molecule has 5 nitrogen and oxygen atoms in total. The third-order valence-corrected chi connectivity index (χ3v) is 4.06. The van der Waals surface area contributed by atoms with E-state index in [0.717, 1.165) is 29.7 Å². The molecular formula is C17H25N3O2. The first-order valence-electron chi connectivity index (χ1n) is 7.82. The Labute approximate surface area is 132 Å². The van der Waals surface area contributed by atoms with E-state index in [9.17, 15) is 9.59 Å². The molecule has 0 atom stereocenters. The summed E-state index contributed by atoms with van der Waals surface area (Å²) in [6.07, 6.45) is 2.67. The van der Waals surface area contributed by atoms with Gasteiger partial charge in [-0.1, -0.05) is 18.2 Å². The van der Waals surface area contributed by atoms with Gasteiger partial charge in [-0.05, 0) is 37.8 Å². The highest BCUT2D eigenvalue weighted by atomic mass is 16.2. The van der Waals surface area contributed by atoms with Crippen molar-refractivity contribution >= 4 is 17.5 Å². The van der Waals surface area contributed by atoms with Crippen molar-refractivity contribution in [1.29, 1.82) is 0 Å². The van der Waals surface area contributed by atoms with Gasteiger partial charge in [-0.3, -0.25) is 14.5 Å². The zero-order valence-electron chi connectivity index (χ0n) is 13.6. The van der Waals surface area contributed by atoms with Crippen molar-refractivity contribution in [3.05, 3.63) is 29.3 Å². The Morgan fingerprint density at radius 2 is 1.82 bits per heavy atom. The van der Waals surface area contributed by atoms with Crippen LogP contribution in [0.4, 0.5) is 5.69 Å². The minimum absolute atomic E-state index is 0.0128. The molecule has 0 heterocycles. The summed E-state index contributed by atoms with van der Waals surface area (Å²) in [7, 11) is 1.64. The number of nitrogens with one attached hydrogen (secondary N) is 2. The van der Waals surface area contributed by atoms with Crippen LogP contribution in [0, 0.1) is 13.8 Å². The Morgan fingerprint density at radius 3 is 2.36 bits per heavy atom. The van der Waals surface area contributed by atoms with Crippen LogP contribution in [0.15, 0.2) is 18.2 Å². The SMILES string of the molecule is CNC(=O)CCN(CC(=O)Nc1c(C)cccc1C)C1CC1. The molecule has 1 aliphatic carbocycles. The van der Waals surface area contributed by atoms with E-state index in [1.165, 1.54) is 0 Å². The summed E-state index contributed by atoms with van der Waals surface area (Å²) < 4.78 is 0. The highest BCUT2D eigenvalue weighted by Crippen LogP contribution is 2.27. The predicted octanol–water partition coefficient (Wildman–Crippen LogP) is 1.84. The second kappa shape index (κ2) is 7.40. The van der Waals surface area contributed by atoms with Gasteiger partial charge < -0.3 is 10.6 Å². The Bertz CT molecular complexity index is 533. The summed E-state index contributed by atoms with van der Waals surface area (Å²) in [5.74, 6) is 0.00186. The second-order valence-electron chi connectivity index (χ2n) is 5.94. The molecule has 0 unspecified atom stereocenters. The van der Waals surface area contributed by atoms with Crippen LogP contribution in [-0.2, 0) is 9.59 Å². The number of hydrogen-bond donors (Lipinski definition) is 2. The number of anilines is 1. The van der Waals surface area contributed by atoms with Gasteiger partial charge in [-0.2, -0.15) is 0 Å². The van der Waals surface area contributed by atoms with Crippen LogP contribution < -0.4 is 10.6 Å². The first-order chi connectivity index (χ1) is 10.5. The van der Waals surface area contributed by atoms with Crippen molar-refractivity contribution in [2.75, 3.05) is 25.5 Å². The quantitative estimate of drug-likeness (QED) is 0.808. The number of aryl methyl sites for hydroxylation is 2. The number of amides is 2. The molecule has 1 aromatic rings. The molecule has 1 fully saturated rings. The largest absolute Gasteiger partial charge is 0.359 e. The highest BCUT2D eigenvalue weighted by Gasteiger charge is 2.30. The lowest BCUT2D eigenvalue weighted by atomic mass is 10.1. The minimum atomic E-state index is -0.0128. The Kier molecular flexibility index (Phi) is 5.55. The zero-order valence-corrected chi connectivity index (χ0v) is 13.6. The molecule has 2 rings (SSSR count). The Morgan fingerprint density at radius 1 is 1.18 bits per heavy atom. The van der Waals surface area contributed by atoms with Crippen molar-refractivity contribution in [2.45, 2.75) is 39.2 Å². The van der Waals surface area contributed by atoms with Gasteiger partial charge in [-0.25, -0.2) is 0 Å². The molecular weight excluding hydrogens is 278 g/mol. The van der Waals surface area contributed by atoms with Gasteiger partial charge in [0.25, 0.3) is 0 Å². The molecule has 22 heavy (non-hydrogen) atoms. The summed E-state index contributed by atoms with van der Waals surface area (Å²) >= 11 is 0. The number of carbonyl (C=O) groups is 2. The van der Waals surface area contributed by atoms with Crippen molar-refractivity contribution in [2.24, 2.45) is 0 Å². The number of carbonyl (C=O) groups excluding carboxylic acids is 2. The molecule has 0 aromatic heterocycles. The monoisotopic (exact) mass is 303 g/mol. The maximum atomic E-state index is 12.3. The molecule has 5 heteroatoms. The lowest BCUT2D eigenvalue weighted by Gasteiger charge is -2.21. The van der Waals surface area contributed by atoms with Gasteiger partial charge in [0.1, 0.15) is 0 Å². The summed E-state index contributed by atoms with van der Waals surface area (Å²) in [4.78, 5) is 25.8. The molecule has 1 aliphatic rings. The first kappa shape index (κ1) is 16.5. The average molecular weight is 303 g/mol. The lowest BCUT2D eigenvalue weighted by Crippen LogP contribution is -2.37. The number of rotatable bonds is 7. The van der Waals surface area contributed by atoms with Crippen LogP contribution in [-0.4, -0.2) is 42.9 Å². The maximum absolute atomic E-state index is 12.3. The van der Waals surface area contributed by atoms with Crippen LogP contribution in [0.2, 0.25) is 0 Å². The summed E-state index contributed by atoms with van der Waals surface area (Å²) in [6.45, 7) is 4.96. The molecule has 0 saturated heterocycles. The fourth-order valence-electron chi connectivity index (χ4n) is 2.58. The number of para-hydroxylation sites is 1. The minimum Gasteiger partial charge on any atom is -0.359 e. The van der Waals surface area contributed by atoms with Crippen molar-refractivity contribution in [3.8, 4) is 0 Å². The molecule has 0 spiro atoms. The zero-order chi connectivity index (χ0) is 16.1. The summed E-state index contributed by atoms with van der Waals surface area (Å²) in [6, 6.07) is 6.42. The molecule has 2 N–H and O–H groups in total. The molecule has 0 bridgehead atoms. The lowest BCUT2D eigenvalue weighted by molar-refractivity contribution is -0.122. The van der Waals surface area contributed by atoms with E-state index < -0.39 is 0 Å². The maximum Gasteiger partial charge on any atom is 0.238 e. The van der Waals surface area contributed by atoms with E-state index in [2.05, 4.69) is 15.5 Å². The molecule has 2 amide bonds. The van der Waals surface area contributed by atoms with Gasteiger partial charge in [0, 0.05) is 31.7 Å². The molecule has 1 saturated carbocycles. The van der Waals surface area contributed by atoms with Crippen molar-refractivity contribution < 1.29 is 9.59 Å². The van der Waals surface area contributed by atoms with Crippen molar-refractivity contribution in [1.82, 2.24) is 10.2 Å². The fourth-order valence-corrected chi connectivity index (χ4v) is 2.58. The number of hydrogen-bond acceptors (Lipinski definition) is 3. The highest BCUT2D eigenvalue weighted by molar-refractivity contribution is 5.93. The Balaban J connectivity index is 1.92. The van der Waals surface area contributed by atoms with Gasteiger partial charge in [0.05, 0.1) is 6.54 Å². The van der Waals surface area contributed by atoms with Gasteiger partial charge in [0.15, 0.2) is 0 Å². The van der Waals surface area contributed by atoms with E-state index in [1.54, 1.807) is 7.05 Å². The van der Waals surface area contributed by atoms with Crippen LogP contribution in [0.25, 0.3) is 0 Å². The second-order valence-corrected chi connectivity index (χ2v) is 5.94. The molecule has 120 valence electrons. The van der Waals surface area contributed by atoms with E-state index in [1.807, 2.05) is 32.0 Å². The summed E-state index contributed by atoms with van der Waals surface area (Å²) in [5, 5.41) is 5.63. The fraction of sp³-hybridized carbons (Fsp3) is 0.529. The Hall–Kier alpha value is -1.88. The predicted molar refractivity (Wildman–Crippen MR) is 87.8 cm³/mol. The third kappa shape index (κ3) is 4.56. The van der Waals surface area contributed by atoms with Crippen LogP contribution in [0.1, 0.15) is 30.4 Å². The van der Waals surface area contributed by atoms with Gasteiger partial charge >= 0.3 is 0 Å². The van der Waals surface area contributed by atoms with Crippen LogP contribution >= 0.6 is 0 Å². The summed E-state index contributed by atoms with van der Waals surface area (Å²) in [5.41, 5.74) is 3.03. The van der Waals surface area contributed by atoms with Crippen molar-refractivity contribution in [3.63, 3.8) is 0 Å². The third-order valence-electron chi connectivity index (χ3n) is 4.06. The number of benzene rings is 1. The standard InChI is InChI=1S/C17H25N3O2/c1-12-5-4-6-13(2)17(12)19-16(22)11-20(14-7-8-14)10-9-15(21)18-3/h4-6,14H,7-11H2,1-3H3,(H,18,21)(H,19,22). The topological polar surface area (TPSA) is 61.4 Å². The van der Waals surface area contributed by atoms with E-state index in [4.69, 9.17) is 0 Å².